The zero-order chi connectivity index (χ0) is 26.7. The number of hydrogen-bond donors (Lipinski definition) is 4. The van der Waals surface area contributed by atoms with Gasteiger partial charge in [-0.15, -0.1) is 0 Å². The molecule has 1 amide bonds. The predicted octanol–water partition coefficient (Wildman–Crippen LogP) is 0.739. The van der Waals surface area contributed by atoms with Crippen LogP contribution in [0.25, 0.3) is 0 Å². The van der Waals surface area contributed by atoms with E-state index in [1.54, 1.807) is 18.2 Å². The quantitative estimate of drug-likeness (QED) is 0.359. The predicted molar refractivity (Wildman–Crippen MR) is 125 cm³/mol. The van der Waals surface area contributed by atoms with Crippen LogP contribution in [0.5, 0.6) is 5.75 Å². The van der Waals surface area contributed by atoms with Crippen molar-refractivity contribution < 1.29 is 46.9 Å². The van der Waals surface area contributed by atoms with Gasteiger partial charge in [-0.05, 0) is 35.9 Å². The normalized spacial score (nSPS) is 13.7. The average molecular weight is 528 g/mol. The number of rotatable bonds is 8. The molecule has 0 saturated carbocycles. The standard InChI is InChI=1S/C20H24FN3O5S.C2H2O4/c1-28-18-7-6-17(12-19(18)30(26,27)24-8-10-29-11-9-24)23-20(25)14-22-13-15-2-4-16(21)5-3-15;3-1(4)2(5)6/h2-7,12,22H,8-11,13-14H2,1H3,(H,23,25);(H,3,4)(H,5,6). The third-order valence-corrected chi connectivity index (χ3v) is 6.67. The van der Waals surface area contributed by atoms with Gasteiger partial charge >= 0.3 is 11.9 Å². The number of benzene rings is 2. The summed E-state index contributed by atoms with van der Waals surface area (Å²) in [4.78, 5) is 30.4. The van der Waals surface area contributed by atoms with Gasteiger partial charge in [0.25, 0.3) is 0 Å². The Morgan fingerprint density at radius 2 is 1.67 bits per heavy atom. The molecule has 0 bridgehead atoms. The second kappa shape index (κ2) is 13.5. The molecule has 36 heavy (non-hydrogen) atoms. The molecule has 1 saturated heterocycles. The van der Waals surface area contributed by atoms with E-state index in [0.717, 1.165) is 5.56 Å². The van der Waals surface area contributed by atoms with Gasteiger partial charge in [0.1, 0.15) is 16.5 Å². The highest BCUT2D eigenvalue weighted by Gasteiger charge is 2.29. The summed E-state index contributed by atoms with van der Waals surface area (Å²) < 4.78 is 50.7. The van der Waals surface area contributed by atoms with Crippen molar-refractivity contribution in [2.45, 2.75) is 11.4 Å². The number of ether oxygens (including phenoxy) is 2. The Morgan fingerprint density at radius 1 is 1.06 bits per heavy atom. The number of halogens is 1. The Balaban J connectivity index is 0.000000678. The fourth-order valence-electron chi connectivity index (χ4n) is 3.01. The summed E-state index contributed by atoms with van der Waals surface area (Å²) in [6.07, 6.45) is 0. The van der Waals surface area contributed by atoms with Crippen molar-refractivity contribution in [3.8, 4) is 5.75 Å². The van der Waals surface area contributed by atoms with E-state index in [9.17, 15) is 17.6 Å². The number of nitrogens with one attached hydrogen (secondary N) is 2. The van der Waals surface area contributed by atoms with Crippen LogP contribution in [-0.4, -0.2) is 80.7 Å². The number of carbonyl (C=O) groups excluding carboxylic acids is 1. The van der Waals surface area contributed by atoms with Crippen molar-refractivity contribution in [3.05, 3.63) is 53.8 Å². The third-order valence-electron chi connectivity index (χ3n) is 4.75. The number of carbonyl (C=O) groups is 3. The van der Waals surface area contributed by atoms with Crippen LogP contribution < -0.4 is 15.4 Å². The number of methoxy groups -OCH3 is 1. The largest absolute Gasteiger partial charge is 0.495 e. The summed E-state index contributed by atoms with van der Waals surface area (Å²) in [6.45, 7) is 1.59. The summed E-state index contributed by atoms with van der Waals surface area (Å²) in [5.74, 6) is -4.10. The van der Waals surface area contributed by atoms with E-state index in [-0.39, 0.29) is 42.0 Å². The van der Waals surface area contributed by atoms with E-state index in [4.69, 9.17) is 29.3 Å². The molecule has 1 aliphatic heterocycles. The maximum Gasteiger partial charge on any atom is 0.414 e. The molecule has 0 spiro atoms. The SMILES string of the molecule is COc1ccc(NC(=O)CNCc2ccc(F)cc2)cc1S(=O)(=O)N1CCOCC1.O=C(O)C(=O)O. The molecule has 14 heteroatoms. The van der Waals surface area contributed by atoms with Crippen molar-refractivity contribution >= 4 is 33.6 Å². The van der Waals surface area contributed by atoms with E-state index >= 15 is 0 Å². The lowest BCUT2D eigenvalue weighted by molar-refractivity contribution is -0.159. The molecule has 0 aliphatic carbocycles. The lowest BCUT2D eigenvalue weighted by Gasteiger charge is -2.26. The van der Waals surface area contributed by atoms with Crippen molar-refractivity contribution in [2.24, 2.45) is 0 Å². The lowest BCUT2D eigenvalue weighted by atomic mass is 10.2. The first-order valence-corrected chi connectivity index (χ1v) is 12.0. The fraction of sp³-hybridized carbons (Fsp3) is 0.318. The smallest absolute Gasteiger partial charge is 0.414 e. The monoisotopic (exact) mass is 527 g/mol. The second-order valence-electron chi connectivity index (χ2n) is 7.27. The van der Waals surface area contributed by atoms with Gasteiger partial charge in [-0.25, -0.2) is 22.4 Å². The second-order valence-corrected chi connectivity index (χ2v) is 9.18. The molecule has 4 N–H and O–H groups in total. The maximum absolute atomic E-state index is 13.0. The molecule has 12 nitrogen and oxygen atoms in total. The Bertz CT molecular complexity index is 1160. The number of hydrogen-bond acceptors (Lipinski definition) is 8. The van der Waals surface area contributed by atoms with Gasteiger partial charge in [0, 0.05) is 25.3 Å². The van der Waals surface area contributed by atoms with Crippen molar-refractivity contribution in [1.29, 1.82) is 0 Å². The van der Waals surface area contributed by atoms with Crippen LogP contribution in [0.3, 0.4) is 0 Å². The minimum Gasteiger partial charge on any atom is -0.495 e. The summed E-state index contributed by atoms with van der Waals surface area (Å²) in [5, 5.41) is 20.4. The van der Waals surface area contributed by atoms with Crippen molar-refractivity contribution in [3.63, 3.8) is 0 Å². The zero-order valence-corrected chi connectivity index (χ0v) is 20.1. The molecule has 1 aliphatic rings. The molecule has 1 heterocycles. The van der Waals surface area contributed by atoms with Crippen LogP contribution in [0.15, 0.2) is 47.4 Å². The molecular formula is C22H26FN3O9S. The minimum atomic E-state index is -3.79. The van der Waals surface area contributed by atoms with Gasteiger partial charge in [-0.1, -0.05) is 12.1 Å². The van der Waals surface area contributed by atoms with Crippen LogP contribution in [0, 0.1) is 5.82 Å². The van der Waals surface area contributed by atoms with Gasteiger partial charge in [0.15, 0.2) is 0 Å². The summed E-state index contributed by atoms with van der Waals surface area (Å²) in [6, 6.07) is 10.4. The van der Waals surface area contributed by atoms with Gasteiger partial charge < -0.3 is 30.3 Å². The number of carboxylic acids is 2. The molecular weight excluding hydrogens is 501 g/mol. The molecule has 0 unspecified atom stereocenters. The number of amides is 1. The third kappa shape index (κ3) is 8.57. The summed E-state index contributed by atoms with van der Waals surface area (Å²) >= 11 is 0. The maximum atomic E-state index is 13.0. The molecule has 2 aromatic carbocycles. The molecule has 0 atom stereocenters. The Morgan fingerprint density at radius 3 is 2.22 bits per heavy atom. The number of aliphatic carboxylic acids is 2. The molecule has 196 valence electrons. The fourth-order valence-corrected chi connectivity index (χ4v) is 4.60. The topological polar surface area (TPSA) is 172 Å². The number of anilines is 1. The van der Waals surface area contributed by atoms with Gasteiger partial charge in [-0.2, -0.15) is 4.31 Å². The van der Waals surface area contributed by atoms with Crippen LogP contribution in [-0.2, 0) is 35.7 Å². The Labute approximate surface area is 206 Å². The molecule has 2 aromatic rings. The highest BCUT2D eigenvalue weighted by Crippen LogP contribution is 2.30. The number of sulfonamides is 1. The van der Waals surface area contributed by atoms with Gasteiger partial charge in [0.05, 0.1) is 26.9 Å². The summed E-state index contributed by atoms with van der Waals surface area (Å²) in [7, 11) is -2.39. The van der Waals surface area contributed by atoms with Crippen molar-refractivity contribution in [1.82, 2.24) is 9.62 Å². The first kappa shape index (κ1) is 28.6. The lowest BCUT2D eigenvalue weighted by Crippen LogP contribution is -2.40. The number of carboxylic acid groups (broad SMARTS) is 2. The van der Waals surface area contributed by atoms with E-state index in [0.29, 0.717) is 25.4 Å². The van der Waals surface area contributed by atoms with Crippen LogP contribution in [0.2, 0.25) is 0 Å². The number of nitrogens with zero attached hydrogens (tertiary/aromatic N) is 1. The zero-order valence-electron chi connectivity index (χ0n) is 19.3. The number of morpholine rings is 1. The molecule has 0 aromatic heterocycles. The first-order chi connectivity index (χ1) is 17.0. The van der Waals surface area contributed by atoms with Crippen molar-refractivity contribution in [2.75, 3.05) is 45.3 Å². The van der Waals surface area contributed by atoms with Crippen LogP contribution >= 0.6 is 0 Å². The Hall–Kier alpha value is -3.59. The van der Waals surface area contributed by atoms with E-state index in [1.807, 2.05) is 0 Å². The van der Waals surface area contributed by atoms with Crippen LogP contribution in [0.1, 0.15) is 5.56 Å². The highest BCUT2D eigenvalue weighted by atomic mass is 32.2. The first-order valence-electron chi connectivity index (χ1n) is 10.5. The molecule has 1 fully saturated rings. The van der Waals surface area contributed by atoms with Crippen LogP contribution in [0.4, 0.5) is 10.1 Å². The van der Waals surface area contributed by atoms with E-state index < -0.39 is 22.0 Å². The minimum absolute atomic E-state index is 0.00888. The van der Waals surface area contributed by atoms with Gasteiger partial charge in [0.2, 0.25) is 15.9 Å². The molecule has 0 radical (unpaired) electrons. The average Bonchev–Trinajstić information content (AvgIpc) is 2.86. The van der Waals surface area contributed by atoms with E-state index in [2.05, 4.69) is 10.6 Å². The highest BCUT2D eigenvalue weighted by molar-refractivity contribution is 7.89. The van der Waals surface area contributed by atoms with E-state index in [1.165, 1.54) is 35.7 Å². The molecule has 3 rings (SSSR count). The van der Waals surface area contributed by atoms with Gasteiger partial charge in [-0.3, -0.25) is 4.79 Å². The Kier molecular flexibility index (Phi) is 10.7. The summed E-state index contributed by atoms with van der Waals surface area (Å²) in [5.41, 5.74) is 1.18.